The molecule has 3 aliphatic carbocycles. The minimum Gasteiger partial charge on any atom is -0.485 e. The number of allylic oxidation sites excluding steroid dienone is 5. The number of hydrogen-bond donors (Lipinski definition) is 1. The van der Waals surface area contributed by atoms with Gasteiger partial charge in [0.15, 0.2) is 0 Å². The molecule has 3 unspecified atom stereocenters. The molecule has 3 aromatic carbocycles. The van der Waals surface area contributed by atoms with Crippen molar-refractivity contribution in [2.24, 2.45) is 11.7 Å². The Morgan fingerprint density at radius 2 is 1.57 bits per heavy atom. The number of hydrogen-bond acceptors (Lipinski definition) is 5. The van der Waals surface area contributed by atoms with E-state index in [0.717, 1.165) is 23.2 Å². The van der Waals surface area contributed by atoms with Crippen LogP contribution in [0.4, 0.5) is 0 Å². The summed E-state index contributed by atoms with van der Waals surface area (Å²) in [5, 5.41) is 9.71. The number of rotatable bonds is 2. The predicted molar refractivity (Wildman–Crippen MR) is 173 cm³/mol. The molecule has 2 heterocycles. The van der Waals surface area contributed by atoms with Gasteiger partial charge in [0.25, 0.3) is 0 Å². The van der Waals surface area contributed by atoms with Gasteiger partial charge in [-0.15, -0.1) is 0 Å². The van der Waals surface area contributed by atoms with Crippen molar-refractivity contribution in [2.75, 3.05) is 0 Å². The fourth-order valence-electron chi connectivity index (χ4n) is 7.76. The van der Waals surface area contributed by atoms with E-state index in [1.807, 2.05) is 0 Å². The van der Waals surface area contributed by atoms with Gasteiger partial charge in [0.1, 0.15) is 11.9 Å². The van der Waals surface area contributed by atoms with Gasteiger partial charge in [0.2, 0.25) is 0 Å². The van der Waals surface area contributed by atoms with Crippen molar-refractivity contribution >= 4 is 12.6 Å². The summed E-state index contributed by atoms with van der Waals surface area (Å²) >= 11 is 0. The SMILES string of the molecule is CC1(C)OB(c2ccc3c(c2)C2(C4=CC(C5C=C(N)C=C(C#N)C5)=CCC4Oc4ccccc42)c2ccccc2-3)OC1(C)C. The average molecular weight is 579 g/mol. The maximum atomic E-state index is 9.71. The zero-order valence-corrected chi connectivity index (χ0v) is 25.6. The molecule has 44 heavy (non-hydrogen) atoms. The Labute approximate surface area is 259 Å². The predicted octanol–water partition coefficient (Wildman–Crippen LogP) is 6.63. The topological polar surface area (TPSA) is 77.5 Å². The van der Waals surface area contributed by atoms with Gasteiger partial charge in [-0.1, -0.05) is 78.9 Å². The lowest BCUT2D eigenvalue weighted by Crippen LogP contribution is -2.44. The Morgan fingerprint density at radius 3 is 2.34 bits per heavy atom. The van der Waals surface area contributed by atoms with Crippen molar-refractivity contribution in [1.29, 1.82) is 5.26 Å². The third-order valence-corrected chi connectivity index (χ3v) is 10.6. The van der Waals surface area contributed by atoms with Crippen molar-refractivity contribution in [2.45, 2.75) is 63.3 Å². The number of para-hydroxylation sites is 1. The number of benzene rings is 3. The van der Waals surface area contributed by atoms with Gasteiger partial charge in [-0.05, 0) is 85.1 Å². The summed E-state index contributed by atoms with van der Waals surface area (Å²) in [6.07, 6.45) is 9.73. The first-order valence-corrected chi connectivity index (χ1v) is 15.5. The minimum absolute atomic E-state index is 0.0320. The van der Waals surface area contributed by atoms with Crippen LogP contribution in [0.3, 0.4) is 0 Å². The van der Waals surface area contributed by atoms with Gasteiger partial charge in [-0.2, -0.15) is 5.26 Å². The average Bonchev–Trinajstić information content (AvgIpc) is 3.43. The lowest BCUT2D eigenvalue weighted by Gasteiger charge is -2.46. The van der Waals surface area contributed by atoms with Crippen molar-refractivity contribution in [3.8, 4) is 22.9 Å². The molecule has 6 heteroatoms. The van der Waals surface area contributed by atoms with E-state index in [2.05, 4.69) is 119 Å². The summed E-state index contributed by atoms with van der Waals surface area (Å²) in [6.45, 7) is 8.38. The molecule has 218 valence electrons. The number of fused-ring (bicyclic) bond motifs is 9. The Balaban J connectivity index is 1.36. The van der Waals surface area contributed by atoms with Crippen LogP contribution in [0.1, 0.15) is 57.2 Å². The standard InChI is InChI=1S/C38H35BN2O3/c1-36(2)37(3,4)44-39(43-36)26-14-15-29-28-9-5-6-10-30(28)38(32(29)21-26)31-11-7-8-12-34(31)42-35-16-13-24(20-33(35)38)25-17-23(22-40)18-27(41)19-25/h5-15,18-21,25,35H,16-17,41H2,1-4H3. The van der Waals surface area contributed by atoms with Crippen molar-refractivity contribution in [1.82, 2.24) is 0 Å². The monoisotopic (exact) mass is 578 g/mol. The Bertz CT molecular complexity index is 1890. The molecule has 5 nitrogen and oxygen atoms in total. The first-order chi connectivity index (χ1) is 21.1. The third-order valence-electron chi connectivity index (χ3n) is 10.6. The molecule has 1 spiro atoms. The maximum Gasteiger partial charge on any atom is 0.494 e. The zero-order chi connectivity index (χ0) is 30.4. The van der Waals surface area contributed by atoms with Gasteiger partial charge < -0.3 is 19.8 Å². The molecule has 1 fully saturated rings. The summed E-state index contributed by atoms with van der Waals surface area (Å²) in [5.74, 6) is 0.941. The van der Waals surface area contributed by atoms with Crippen molar-refractivity contribution in [3.05, 3.63) is 130 Å². The van der Waals surface area contributed by atoms with Crippen LogP contribution in [-0.2, 0) is 14.7 Å². The van der Waals surface area contributed by atoms with Crippen LogP contribution in [0.2, 0.25) is 0 Å². The molecule has 0 aromatic heterocycles. The highest BCUT2D eigenvalue weighted by atomic mass is 16.7. The second-order valence-corrected chi connectivity index (χ2v) is 13.6. The summed E-state index contributed by atoms with van der Waals surface area (Å²) in [4.78, 5) is 0. The Morgan fingerprint density at radius 1 is 0.864 bits per heavy atom. The fraction of sp³-hybridized carbons (Fsp3) is 0.289. The Hall–Kier alpha value is -4.31. The van der Waals surface area contributed by atoms with Gasteiger partial charge >= 0.3 is 7.12 Å². The highest BCUT2D eigenvalue weighted by Crippen LogP contribution is 2.61. The molecule has 8 rings (SSSR count). The quantitative estimate of drug-likeness (QED) is 0.346. The molecule has 3 atom stereocenters. The largest absolute Gasteiger partial charge is 0.494 e. The number of nitrogens with zero attached hydrogens (tertiary/aromatic N) is 1. The summed E-state index contributed by atoms with van der Waals surface area (Å²) in [5.41, 5.74) is 15.6. The smallest absolute Gasteiger partial charge is 0.485 e. The molecule has 0 amide bonds. The molecule has 0 radical (unpaired) electrons. The number of ether oxygens (including phenoxy) is 1. The number of nitriles is 1. The summed E-state index contributed by atoms with van der Waals surface area (Å²) in [7, 11) is -0.473. The minimum atomic E-state index is -0.567. The third kappa shape index (κ3) is 3.73. The maximum absolute atomic E-state index is 9.71. The lowest BCUT2D eigenvalue weighted by molar-refractivity contribution is 0.00578. The van der Waals surface area contributed by atoms with E-state index >= 15 is 0 Å². The first kappa shape index (κ1) is 27.3. The van der Waals surface area contributed by atoms with E-state index in [-0.39, 0.29) is 12.0 Å². The second kappa shape index (κ2) is 9.35. The van der Waals surface area contributed by atoms with Gasteiger partial charge in [0.05, 0.1) is 22.7 Å². The van der Waals surface area contributed by atoms with Gasteiger partial charge in [0, 0.05) is 29.2 Å². The fourth-order valence-corrected chi connectivity index (χ4v) is 7.76. The molecule has 3 aromatic rings. The van der Waals surface area contributed by atoms with E-state index in [9.17, 15) is 5.26 Å². The van der Waals surface area contributed by atoms with E-state index in [1.54, 1.807) is 6.08 Å². The van der Waals surface area contributed by atoms with E-state index < -0.39 is 23.7 Å². The van der Waals surface area contributed by atoms with Crippen LogP contribution in [0.25, 0.3) is 11.1 Å². The zero-order valence-electron chi connectivity index (χ0n) is 25.6. The first-order valence-electron chi connectivity index (χ1n) is 15.5. The lowest BCUT2D eigenvalue weighted by atomic mass is 9.61. The van der Waals surface area contributed by atoms with E-state index in [0.29, 0.717) is 17.7 Å². The van der Waals surface area contributed by atoms with Crippen LogP contribution in [-0.4, -0.2) is 24.4 Å². The molecule has 0 bridgehead atoms. The van der Waals surface area contributed by atoms with Crippen LogP contribution < -0.4 is 15.9 Å². The Kier molecular flexibility index (Phi) is 5.79. The normalized spacial score (nSPS) is 27.0. The molecular weight excluding hydrogens is 543 g/mol. The summed E-state index contributed by atoms with van der Waals surface area (Å²) < 4.78 is 19.9. The molecule has 0 saturated carbocycles. The molecule has 2 aliphatic heterocycles. The molecule has 5 aliphatic rings. The van der Waals surface area contributed by atoms with Gasteiger partial charge in [-0.25, -0.2) is 0 Å². The van der Waals surface area contributed by atoms with E-state index in [4.69, 9.17) is 19.8 Å². The molecule has 2 N–H and O–H groups in total. The van der Waals surface area contributed by atoms with Gasteiger partial charge in [-0.3, -0.25) is 0 Å². The summed E-state index contributed by atoms with van der Waals surface area (Å²) in [6, 6.07) is 26.3. The van der Waals surface area contributed by atoms with Crippen LogP contribution in [0.15, 0.2) is 113 Å². The second-order valence-electron chi connectivity index (χ2n) is 13.6. The van der Waals surface area contributed by atoms with Crippen molar-refractivity contribution in [3.63, 3.8) is 0 Å². The number of nitrogens with two attached hydrogens (primary N) is 1. The van der Waals surface area contributed by atoms with Crippen molar-refractivity contribution < 1.29 is 14.0 Å². The molecule has 1 saturated heterocycles. The highest BCUT2D eigenvalue weighted by molar-refractivity contribution is 6.62. The van der Waals surface area contributed by atoms with Crippen LogP contribution >= 0.6 is 0 Å². The highest BCUT2D eigenvalue weighted by Gasteiger charge is 2.56. The van der Waals surface area contributed by atoms with Crippen LogP contribution in [0, 0.1) is 17.2 Å². The van der Waals surface area contributed by atoms with Crippen LogP contribution in [0.5, 0.6) is 5.75 Å². The van der Waals surface area contributed by atoms with E-state index in [1.165, 1.54) is 33.4 Å². The molecular formula is C38H35BN2O3.